The number of carboxylic acids is 1. The van der Waals surface area contributed by atoms with Crippen LogP contribution >= 0.6 is 0 Å². The lowest BCUT2D eigenvalue weighted by atomic mass is 9.92. The van der Waals surface area contributed by atoms with E-state index < -0.39 is 24.2 Å². The molecule has 116 valence electrons. The third-order valence-electron chi connectivity index (χ3n) is 4.05. The highest BCUT2D eigenvalue weighted by Gasteiger charge is 2.53. The van der Waals surface area contributed by atoms with Gasteiger partial charge in [0, 0.05) is 12.6 Å². The van der Waals surface area contributed by atoms with Gasteiger partial charge in [0.1, 0.15) is 5.54 Å². The maximum Gasteiger partial charge on any atom is 0.401 e. The highest BCUT2D eigenvalue weighted by atomic mass is 19.4. The molecule has 0 bridgehead atoms. The average Bonchev–Trinajstić information content (AvgIpc) is 3.14. The second kappa shape index (κ2) is 5.52. The molecule has 0 amide bonds. The van der Waals surface area contributed by atoms with Crippen molar-refractivity contribution in [2.75, 3.05) is 19.6 Å². The summed E-state index contributed by atoms with van der Waals surface area (Å²) in [5.74, 6) is -1.09. The van der Waals surface area contributed by atoms with Gasteiger partial charge in [-0.3, -0.25) is 9.69 Å². The van der Waals surface area contributed by atoms with Gasteiger partial charge < -0.3 is 10.4 Å². The van der Waals surface area contributed by atoms with E-state index in [1.165, 1.54) is 4.90 Å². The largest absolute Gasteiger partial charge is 0.480 e. The molecular weight excluding hydrogens is 273 g/mol. The highest BCUT2D eigenvalue weighted by molar-refractivity contribution is 5.80. The van der Waals surface area contributed by atoms with Gasteiger partial charge in [-0.25, -0.2) is 0 Å². The van der Waals surface area contributed by atoms with Crippen molar-refractivity contribution in [1.82, 2.24) is 10.2 Å². The van der Waals surface area contributed by atoms with Crippen LogP contribution in [-0.2, 0) is 4.79 Å². The molecule has 0 heterocycles. The number of carboxylic acid groups (broad SMARTS) is 1. The molecule has 0 aliphatic heterocycles. The van der Waals surface area contributed by atoms with Gasteiger partial charge >= 0.3 is 12.1 Å². The Morgan fingerprint density at radius 1 is 1.25 bits per heavy atom. The van der Waals surface area contributed by atoms with Gasteiger partial charge in [-0.05, 0) is 38.1 Å². The summed E-state index contributed by atoms with van der Waals surface area (Å²) in [7, 11) is 0. The Morgan fingerprint density at radius 2 is 1.85 bits per heavy atom. The first-order valence-corrected chi connectivity index (χ1v) is 7.07. The van der Waals surface area contributed by atoms with E-state index in [-0.39, 0.29) is 18.5 Å². The van der Waals surface area contributed by atoms with Gasteiger partial charge in [-0.2, -0.15) is 13.2 Å². The quantitative estimate of drug-likeness (QED) is 0.717. The van der Waals surface area contributed by atoms with E-state index >= 15 is 0 Å². The first-order valence-electron chi connectivity index (χ1n) is 7.07. The molecule has 2 saturated carbocycles. The summed E-state index contributed by atoms with van der Waals surface area (Å²) >= 11 is 0. The number of halogens is 3. The van der Waals surface area contributed by atoms with Crippen molar-refractivity contribution in [3.8, 4) is 0 Å². The zero-order valence-electron chi connectivity index (χ0n) is 11.5. The van der Waals surface area contributed by atoms with Crippen molar-refractivity contribution >= 4 is 5.97 Å². The van der Waals surface area contributed by atoms with Gasteiger partial charge in [0.15, 0.2) is 0 Å². The smallest absolute Gasteiger partial charge is 0.401 e. The fourth-order valence-corrected chi connectivity index (χ4v) is 2.84. The van der Waals surface area contributed by atoms with Crippen molar-refractivity contribution in [3.05, 3.63) is 0 Å². The number of likely N-dealkylation sites (N-methyl/N-ethyl adjacent to an activating group) is 1. The average molecular weight is 294 g/mol. The van der Waals surface area contributed by atoms with Crippen LogP contribution < -0.4 is 5.32 Å². The minimum Gasteiger partial charge on any atom is -0.480 e. The van der Waals surface area contributed by atoms with E-state index in [1.807, 2.05) is 0 Å². The maximum absolute atomic E-state index is 12.7. The van der Waals surface area contributed by atoms with E-state index in [0.29, 0.717) is 6.54 Å². The molecule has 0 radical (unpaired) electrons. The van der Waals surface area contributed by atoms with E-state index in [9.17, 15) is 23.1 Å². The molecule has 2 aliphatic carbocycles. The summed E-state index contributed by atoms with van der Waals surface area (Å²) in [4.78, 5) is 13.0. The topological polar surface area (TPSA) is 52.6 Å². The monoisotopic (exact) mass is 294 g/mol. The lowest BCUT2D eigenvalue weighted by Gasteiger charge is -2.36. The van der Waals surface area contributed by atoms with E-state index in [1.54, 1.807) is 6.92 Å². The maximum atomic E-state index is 12.7. The van der Waals surface area contributed by atoms with Crippen LogP contribution in [0.2, 0.25) is 0 Å². The van der Waals surface area contributed by atoms with Crippen LogP contribution in [0.15, 0.2) is 0 Å². The lowest BCUT2D eigenvalue weighted by Crippen LogP contribution is -2.61. The summed E-state index contributed by atoms with van der Waals surface area (Å²) in [6.07, 6.45) is -1.30. The SMILES string of the molecule is CCNC(CN(CC(F)(F)F)C1CC1)(C(=O)O)C1CC1. The number of aliphatic carboxylic acids is 1. The van der Waals surface area contributed by atoms with Crippen molar-refractivity contribution < 1.29 is 23.1 Å². The van der Waals surface area contributed by atoms with Gasteiger partial charge in [0.25, 0.3) is 0 Å². The molecule has 0 saturated heterocycles. The Morgan fingerprint density at radius 3 is 2.20 bits per heavy atom. The predicted molar refractivity (Wildman–Crippen MR) is 67.4 cm³/mol. The number of hydrogen-bond acceptors (Lipinski definition) is 3. The van der Waals surface area contributed by atoms with E-state index in [2.05, 4.69) is 5.32 Å². The van der Waals surface area contributed by atoms with E-state index in [4.69, 9.17) is 0 Å². The van der Waals surface area contributed by atoms with Gasteiger partial charge in [-0.15, -0.1) is 0 Å². The summed E-state index contributed by atoms with van der Waals surface area (Å²) < 4.78 is 38.0. The number of nitrogens with zero attached hydrogens (tertiary/aromatic N) is 1. The molecule has 1 unspecified atom stereocenters. The molecular formula is C13H21F3N2O2. The molecule has 2 N–H and O–H groups in total. The molecule has 2 aliphatic rings. The molecule has 2 fully saturated rings. The van der Waals surface area contributed by atoms with Crippen LogP contribution in [0, 0.1) is 5.92 Å². The van der Waals surface area contributed by atoms with Crippen LogP contribution in [-0.4, -0.2) is 53.4 Å². The molecule has 1 atom stereocenters. The molecule has 0 aromatic carbocycles. The third-order valence-corrected chi connectivity index (χ3v) is 4.05. The Hall–Kier alpha value is -0.820. The standard InChI is InChI=1S/C13H21F3N2O2/c1-2-17-12(11(19)20,9-3-4-9)7-18(10-5-6-10)8-13(14,15)16/h9-10,17H,2-8H2,1H3,(H,19,20). The molecule has 0 aromatic rings. The fraction of sp³-hybridized carbons (Fsp3) is 0.923. The first-order chi connectivity index (χ1) is 9.28. The normalized spacial score (nSPS) is 22.9. The summed E-state index contributed by atoms with van der Waals surface area (Å²) in [6.45, 7) is 1.13. The summed E-state index contributed by atoms with van der Waals surface area (Å²) in [5, 5.41) is 12.5. The van der Waals surface area contributed by atoms with Crippen LogP contribution in [0.5, 0.6) is 0 Å². The molecule has 0 aromatic heterocycles. The molecule has 7 heteroatoms. The van der Waals surface area contributed by atoms with Crippen LogP contribution in [0.4, 0.5) is 13.2 Å². The Bertz CT molecular complexity index is 367. The first kappa shape index (κ1) is 15.6. The molecule has 0 spiro atoms. The highest BCUT2D eigenvalue weighted by Crippen LogP contribution is 2.42. The predicted octanol–water partition coefficient (Wildman–Crippen LogP) is 1.86. The van der Waals surface area contributed by atoms with E-state index in [0.717, 1.165) is 25.7 Å². The summed E-state index contributed by atoms with van der Waals surface area (Å²) in [5.41, 5.74) is -1.23. The zero-order valence-corrected chi connectivity index (χ0v) is 11.5. The summed E-state index contributed by atoms with van der Waals surface area (Å²) in [6, 6.07) is -0.118. The van der Waals surface area contributed by atoms with Crippen LogP contribution in [0.25, 0.3) is 0 Å². The molecule has 20 heavy (non-hydrogen) atoms. The Kier molecular flexibility index (Phi) is 4.30. The second-order valence-corrected chi connectivity index (χ2v) is 5.83. The minimum atomic E-state index is -4.29. The number of rotatable bonds is 8. The van der Waals surface area contributed by atoms with Crippen molar-refractivity contribution in [2.45, 2.75) is 50.4 Å². The van der Waals surface area contributed by atoms with Gasteiger partial charge in [0.05, 0.1) is 6.54 Å². The van der Waals surface area contributed by atoms with Crippen LogP contribution in [0.1, 0.15) is 32.6 Å². The van der Waals surface area contributed by atoms with Crippen LogP contribution in [0.3, 0.4) is 0 Å². The van der Waals surface area contributed by atoms with Gasteiger partial charge in [0.2, 0.25) is 0 Å². The zero-order chi connectivity index (χ0) is 15.0. The molecule has 4 nitrogen and oxygen atoms in total. The van der Waals surface area contributed by atoms with Crippen molar-refractivity contribution in [2.24, 2.45) is 5.92 Å². The number of alkyl halides is 3. The van der Waals surface area contributed by atoms with Crippen molar-refractivity contribution in [3.63, 3.8) is 0 Å². The molecule has 2 rings (SSSR count). The third kappa shape index (κ3) is 3.63. The van der Waals surface area contributed by atoms with Gasteiger partial charge in [-0.1, -0.05) is 6.92 Å². The minimum absolute atomic E-state index is 0.0607. The lowest BCUT2D eigenvalue weighted by molar-refractivity contribution is -0.158. The second-order valence-electron chi connectivity index (χ2n) is 5.83. The number of hydrogen-bond donors (Lipinski definition) is 2. The Balaban J connectivity index is 2.13. The van der Waals surface area contributed by atoms with Crippen molar-refractivity contribution in [1.29, 1.82) is 0 Å². The number of carbonyl (C=O) groups is 1. The fourth-order valence-electron chi connectivity index (χ4n) is 2.84. The Labute approximate surface area is 116 Å². The number of nitrogens with one attached hydrogen (secondary N) is 1.